The van der Waals surface area contributed by atoms with Gasteiger partial charge < -0.3 is 14.2 Å². The molecule has 1 aliphatic rings. The molecular weight excluding hydrogens is 449 g/mol. The molecular formula is C25H21F3N2O2S. The van der Waals surface area contributed by atoms with Crippen molar-refractivity contribution in [2.24, 2.45) is 7.05 Å². The summed E-state index contributed by atoms with van der Waals surface area (Å²) in [5.41, 5.74) is 3.72. The topological polar surface area (TPSA) is 34.5 Å². The molecule has 2 aromatic heterocycles. The van der Waals surface area contributed by atoms with E-state index < -0.39 is 6.36 Å². The second kappa shape index (κ2) is 8.26. The average molecular weight is 471 g/mol. The molecule has 0 N–H and O–H groups in total. The fourth-order valence-electron chi connectivity index (χ4n) is 4.55. The van der Waals surface area contributed by atoms with Crippen LogP contribution < -0.4 is 4.74 Å². The van der Waals surface area contributed by atoms with Crippen molar-refractivity contribution in [1.82, 2.24) is 9.47 Å². The van der Waals surface area contributed by atoms with E-state index in [1.165, 1.54) is 17.7 Å². The highest BCUT2D eigenvalue weighted by Crippen LogP contribution is 2.38. The van der Waals surface area contributed by atoms with Crippen LogP contribution in [0.3, 0.4) is 0 Å². The first-order valence-corrected chi connectivity index (χ1v) is 11.4. The van der Waals surface area contributed by atoms with Crippen molar-refractivity contribution >= 4 is 28.1 Å². The second-order valence-corrected chi connectivity index (χ2v) is 9.09. The van der Waals surface area contributed by atoms with Gasteiger partial charge in [-0.1, -0.05) is 30.3 Å². The number of para-hydroxylation sites is 1. The van der Waals surface area contributed by atoms with Gasteiger partial charge in [-0.15, -0.1) is 24.5 Å². The lowest BCUT2D eigenvalue weighted by Gasteiger charge is -2.36. The number of carbonyl (C=O) groups is 1. The Morgan fingerprint density at radius 1 is 1.12 bits per heavy atom. The Labute approximate surface area is 192 Å². The largest absolute Gasteiger partial charge is 0.573 e. The Morgan fingerprint density at radius 3 is 2.64 bits per heavy atom. The summed E-state index contributed by atoms with van der Waals surface area (Å²) < 4.78 is 43.4. The van der Waals surface area contributed by atoms with Gasteiger partial charge in [0.2, 0.25) is 0 Å². The zero-order valence-corrected chi connectivity index (χ0v) is 18.6. The van der Waals surface area contributed by atoms with Crippen molar-refractivity contribution < 1.29 is 22.7 Å². The van der Waals surface area contributed by atoms with Crippen molar-refractivity contribution in [3.8, 4) is 5.75 Å². The van der Waals surface area contributed by atoms with Crippen molar-refractivity contribution in [3.05, 3.63) is 87.7 Å². The number of benzene rings is 2. The fourth-order valence-corrected chi connectivity index (χ4v) is 5.62. The molecule has 170 valence electrons. The van der Waals surface area contributed by atoms with Gasteiger partial charge in [-0.2, -0.15) is 0 Å². The van der Waals surface area contributed by atoms with Gasteiger partial charge in [-0.3, -0.25) is 4.79 Å². The van der Waals surface area contributed by atoms with Crippen LogP contribution >= 0.6 is 11.3 Å². The number of carbonyl (C=O) groups excluding carboxylic acids is 1. The molecule has 0 bridgehead atoms. The summed E-state index contributed by atoms with van der Waals surface area (Å²) in [5, 5.41) is 2.94. The van der Waals surface area contributed by atoms with Crippen LogP contribution in [0.5, 0.6) is 5.75 Å². The highest BCUT2D eigenvalue weighted by Gasteiger charge is 2.34. The van der Waals surface area contributed by atoms with Crippen LogP contribution in [0.15, 0.2) is 66.2 Å². The summed E-state index contributed by atoms with van der Waals surface area (Å²) >= 11 is 1.62. The smallest absolute Gasteiger partial charge is 0.406 e. The summed E-state index contributed by atoms with van der Waals surface area (Å²) in [5.74, 6) is -0.289. The van der Waals surface area contributed by atoms with E-state index >= 15 is 0 Å². The van der Waals surface area contributed by atoms with Gasteiger partial charge >= 0.3 is 6.36 Å². The van der Waals surface area contributed by atoms with Gasteiger partial charge in [-0.05, 0) is 53.6 Å². The zero-order chi connectivity index (χ0) is 23.2. The van der Waals surface area contributed by atoms with Crippen LogP contribution in [0, 0.1) is 0 Å². The summed E-state index contributed by atoms with van der Waals surface area (Å²) in [6.07, 6.45) is -1.56. The highest BCUT2D eigenvalue weighted by atomic mass is 32.1. The molecule has 2 aromatic carbocycles. The number of aryl methyl sites for hydroxylation is 1. The maximum absolute atomic E-state index is 13.7. The molecule has 5 rings (SSSR count). The first-order valence-electron chi connectivity index (χ1n) is 10.6. The summed E-state index contributed by atoms with van der Waals surface area (Å²) in [6, 6.07) is 15.6. The Bertz CT molecular complexity index is 1310. The quantitative estimate of drug-likeness (QED) is 0.360. The lowest BCUT2D eigenvalue weighted by atomic mass is 9.94. The molecule has 8 heteroatoms. The lowest BCUT2D eigenvalue weighted by Crippen LogP contribution is -2.40. The van der Waals surface area contributed by atoms with Crippen LogP contribution in [-0.4, -0.2) is 28.3 Å². The Kier molecular flexibility index (Phi) is 5.40. The van der Waals surface area contributed by atoms with Crippen molar-refractivity contribution in [2.75, 3.05) is 6.54 Å². The molecule has 0 spiro atoms. The highest BCUT2D eigenvalue weighted by molar-refractivity contribution is 7.10. The molecule has 0 aliphatic carbocycles. The molecule has 33 heavy (non-hydrogen) atoms. The minimum Gasteiger partial charge on any atom is -0.406 e. The number of alkyl halides is 3. The van der Waals surface area contributed by atoms with Crippen LogP contribution in [0.2, 0.25) is 0 Å². The average Bonchev–Trinajstić information content (AvgIpc) is 3.39. The van der Waals surface area contributed by atoms with Gasteiger partial charge in [-0.25, -0.2) is 0 Å². The number of fused-ring (bicyclic) bond motifs is 2. The number of thiophene rings is 1. The van der Waals surface area contributed by atoms with Crippen molar-refractivity contribution in [3.63, 3.8) is 0 Å². The predicted octanol–water partition coefficient (Wildman–Crippen LogP) is 6.12. The number of halogens is 3. The molecule has 1 aliphatic heterocycles. The Balaban J connectivity index is 1.46. The van der Waals surface area contributed by atoms with Crippen LogP contribution in [-0.2, 0) is 19.9 Å². The van der Waals surface area contributed by atoms with Crippen LogP contribution in [0.25, 0.3) is 10.9 Å². The minimum absolute atomic E-state index is 0.0344. The van der Waals surface area contributed by atoms with E-state index in [4.69, 9.17) is 0 Å². The Hall–Kier alpha value is -3.26. The lowest BCUT2D eigenvalue weighted by molar-refractivity contribution is -0.274. The Morgan fingerprint density at radius 2 is 1.88 bits per heavy atom. The van der Waals surface area contributed by atoms with E-state index in [0.29, 0.717) is 18.5 Å². The monoisotopic (exact) mass is 470 g/mol. The number of hydrogen-bond donors (Lipinski definition) is 0. The van der Waals surface area contributed by atoms with Crippen LogP contribution in [0.4, 0.5) is 13.2 Å². The van der Waals surface area contributed by atoms with E-state index in [1.54, 1.807) is 23.5 Å². The normalized spacial score (nSPS) is 16.1. The molecule has 4 nitrogen and oxygen atoms in total. The van der Waals surface area contributed by atoms with E-state index in [1.807, 2.05) is 52.4 Å². The van der Waals surface area contributed by atoms with E-state index in [0.717, 1.165) is 27.8 Å². The molecule has 0 saturated heterocycles. The van der Waals surface area contributed by atoms with E-state index in [2.05, 4.69) is 10.8 Å². The molecule has 3 heterocycles. The molecule has 0 radical (unpaired) electrons. The maximum Gasteiger partial charge on any atom is 0.573 e. The minimum atomic E-state index is -4.72. The maximum atomic E-state index is 13.7. The summed E-state index contributed by atoms with van der Waals surface area (Å²) in [7, 11) is 1.93. The number of amides is 1. The molecule has 1 amide bonds. The number of aromatic nitrogens is 1. The first-order chi connectivity index (χ1) is 15.8. The number of rotatable bonds is 4. The number of hydrogen-bond acceptors (Lipinski definition) is 3. The SMILES string of the molecule is Cn1cc(C(=O)N2CCc3ccsc3C2Cc2ccc(OC(F)(F)F)cc2)c2ccccc21. The van der Waals surface area contributed by atoms with Gasteiger partial charge in [0, 0.05) is 35.6 Å². The number of ether oxygens (including phenoxy) is 1. The third-order valence-electron chi connectivity index (χ3n) is 6.06. The number of nitrogens with zero attached hydrogens (tertiary/aromatic N) is 2. The molecule has 0 saturated carbocycles. The van der Waals surface area contributed by atoms with Crippen LogP contribution in [0.1, 0.15) is 32.4 Å². The van der Waals surface area contributed by atoms with Gasteiger partial charge in [0.15, 0.2) is 0 Å². The third kappa shape index (κ3) is 4.23. The fraction of sp³-hybridized carbons (Fsp3) is 0.240. The van der Waals surface area contributed by atoms with E-state index in [9.17, 15) is 18.0 Å². The third-order valence-corrected chi connectivity index (χ3v) is 7.12. The van der Waals surface area contributed by atoms with Gasteiger partial charge in [0.05, 0.1) is 11.6 Å². The zero-order valence-electron chi connectivity index (χ0n) is 17.8. The predicted molar refractivity (Wildman–Crippen MR) is 122 cm³/mol. The molecule has 1 atom stereocenters. The summed E-state index contributed by atoms with van der Waals surface area (Å²) in [4.78, 5) is 16.8. The molecule has 0 fully saturated rings. The van der Waals surface area contributed by atoms with Gasteiger partial charge in [0.25, 0.3) is 5.91 Å². The van der Waals surface area contributed by atoms with E-state index in [-0.39, 0.29) is 17.7 Å². The summed E-state index contributed by atoms with van der Waals surface area (Å²) in [6.45, 7) is 0.589. The van der Waals surface area contributed by atoms with Crippen molar-refractivity contribution in [2.45, 2.75) is 25.2 Å². The molecule has 1 unspecified atom stereocenters. The van der Waals surface area contributed by atoms with Gasteiger partial charge in [0.1, 0.15) is 5.75 Å². The first kappa shape index (κ1) is 21.6. The van der Waals surface area contributed by atoms with Crippen molar-refractivity contribution in [1.29, 1.82) is 0 Å². The second-order valence-electron chi connectivity index (χ2n) is 8.14. The molecule has 4 aromatic rings. The standard InChI is InChI=1S/C25H21F3N2O2S/c1-29-15-20(19-4-2-3-5-21(19)29)24(31)30-12-10-17-11-13-33-23(17)22(30)14-16-6-8-18(9-7-16)32-25(26,27)28/h2-9,11,13,15,22H,10,12,14H2,1H3.